The van der Waals surface area contributed by atoms with Gasteiger partial charge in [0.25, 0.3) is 0 Å². The predicted molar refractivity (Wildman–Crippen MR) is 96.1 cm³/mol. The zero-order valence-corrected chi connectivity index (χ0v) is 14.7. The number of amides is 1. The van der Waals surface area contributed by atoms with Gasteiger partial charge in [0.15, 0.2) is 0 Å². The molecule has 6 nitrogen and oxygen atoms in total. The molecule has 0 spiro atoms. The molecule has 24 heavy (non-hydrogen) atoms. The first kappa shape index (κ1) is 17.9. The molecule has 1 aliphatic rings. The third-order valence-electron chi connectivity index (χ3n) is 3.55. The van der Waals surface area contributed by atoms with Gasteiger partial charge in [-0.3, -0.25) is 15.1 Å². The van der Waals surface area contributed by atoms with Crippen LogP contribution >= 0.6 is 15.9 Å². The van der Waals surface area contributed by atoms with Gasteiger partial charge in [-0.15, -0.1) is 6.58 Å². The first-order valence-electron chi connectivity index (χ1n) is 7.22. The molecule has 0 radical (unpaired) electrons. The van der Waals surface area contributed by atoms with Crippen LogP contribution in [0.3, 0.4) is 0 Å². The average molecular weight is 393 g/mol. The van der Waals surface area contributed by atoms with Gasteiger partial charge in [-0.1, -0.05) is 28.1 Å². The summed E-state index contributed by atoms with van der Waals surface area (Å²) in [5.41, 5.74) is 2.72. The molecule has 7 heteroatoms. The molecule has 1 aromatic rings. The van der Waals surface area contributed by atoms with Crippen LogP contribution in [0.1, 0.15) is 18.4 Å². The van der Waals surface area contributed by atoms with Gasteiger partial charge in [-0.25, -0.2) is 4.79 Å². The molecular weight excluding hydrogens is 376 g/mol. The van der Waals surface area contributed by atoms with Crippen molar-refractivity contribution in [3.8, 4) is 0 Å². The highest BCUT2D eigenvalue weighted by Gasteiger charge is 2.25. The van der Waals surface area contributed by atoms with Crippen molar-refractivity contribution in [3.05, 3.63) is 47.0 Å². The summed E-state index contributed by atoms with van der Waals surface area (Å²) in [6, 6.07) is 5.26. The fourth-order valence-electron chi connectivity index (χ4n) is 2.35. The minimum Gasteiger partial charge on any atom is -0.481 e. The molecule has 1 heterocycles. The number of aliphatic imine (C=N–C) groups is 1. The van der Waals surface area contributed by atoms with Gasteiger partial charge in [-0.05, 0) is 24.6 Å². The van der Waals surface area contributed by atoms with Crippen molar-refractivity contribution in [1.82, 2.24) is 0 Å². The molecule has 1 amide bonds. The summed E-state index contributed by atoms with van der Waals surface area (Å²) in [7, 11) is 1.29. The lowest BCUT2D eigenvalue weighted by atomic mass is 9.98. The van der Waals surface area contributed by atoms with Crippen LogP contribution in [0.5, 0.6) is 0 Å². The Labute approximate surface area is 148 Å². The van der Waals surface area contributed by atoms with Gasteiger partial charge in [-0.2, -0.15) is 0 Å². The minimum atomic E-state index is -0.903. The Hall–Kier alpha value is -2.41. The van der Waals surface area contributed by atoms with Crippen LogP contribution in [-0.4, -0.2) is 30.0 Å². The van der Waals surface area contributed by atoms with Crippen LogP contribution in [0.4, 0.5) is 10.5 Å². The molecule has 1 aromatic carbocycles. The van der Waals surface area contributed by atoms with Crippen molar-refractivity contribution in [3.63, 3.8) is 0 Å². The summed E-state index contributed by atoms with van der Waals surface area (Å²) in [6.07, 6.45) is 3.76. The number of ether oxygens (including phenoxy) is 1. The number of benzene rings is 1. The second-order valence-electron chi connectivity index (χ2n) is 5.12. The molecule has 0 bridgehead atoms. The number of nitrogens with one attached hydrogen (secondary N) is 1. The van der Waals surface area contributed by atoms with E-state index in [9.17, 15) is 14.7 Å². The molecule has 0 saturated heterocycles. The smallest absolute Gasteiger partial charge is 0.411 e. The Morgan fingerprint density at radius 2 is 2.29 bits per heavy atom. The lowest BCUT2D eigenvalue weighted by molar-refractivity contribution is -0.139. The van der Waals surface area contributed by atoms with E-state index in [4.69, 9.17) is 0 Å². The second-order valence-corrected chi connectivity index (χ2v) is 5.98. The van der Waals surface area contributed by atoms with Gasteiger partial charge in [0.1, 0.15) is 0 Å². The monoisotopic (exact) mass is 392 g/mol. The van der Waals surface area contributed by atoms with Crippen LogP contribution in [-0.2, 0) is 9.53 Å². The van der Waals surface area contributed by atoms with Crippen molar-refractivity contribution >= 4 is 45.1 Å². The van der Waals surface area contributed by atoms with Crippen molar-refractivity contribution in [2.24, 2.45) is 10.9 Å². The Bertz CT molecular complexity index is 740. The Morgan fingerprint density at radius 3 is 2.88 bits per heavy atom. The number of carbonyl (C=O) groups excluding carboxylic acids is 1. The van der Waals surface area contributed by atoms with Crippen LogP contribution in [0.25, 0.3) is 5.70 Å². The number of halogens is 1. The number of allylic oxidation sites excluding steroid dienone is 2. The zero-order chi connectivity index (χ0) is 17.7. The maximum atomic E-state index is 11.3. The summed E-state index contributed by atoms with van der Waals surface area (Å²) < 4.78 is 5.29. The lowest BCUT2D eigenvalue weighted by Gasteiger charge is -2.10. The SMILES string of the molecule is C=CCC(C(=O)O)C1=NC(c2ccc(NC(=O)OC)cc2Br)=CC1. The Balaban J connectivity index is 2.22. The number of carbonyl (C=O) groups is 2. The highest BCUT2D eigenvalue weighted by atomic mass is 79.9. The van der Waals surface area contributed by atoms with E-state index >= 15 is 0 Å². The standard InChI is InChI=1S/C17H17BrN2O4/c1-3-4-12(16(21)22)15-8-7-14(20-15)11-6-5-10(9-13(11)18)19-17(23)24-2/h3,5-7,9,12H,1,4,8H2,2H3,(H,19,23)(H,21,22). The highest BCUT2D eigenvalue weighted by Crippen LogP contribution is 2.32. The Morgan fingerprint density at radius 1 is 1.54 bits per heavy atom. The lowest BCUT2D eigenvalue weighted by Crippen LogP contribution is -2.21. The van der Waals surface area contributed by atoms with Crippen LogP contribution < -0.4 is 5.32 Å². The molecule has 2 rings (SSSR count). The molecule has 0 fully saturated rings. The van der Waals surface area contributed by atoms with E-state index in [1.165, 1.54) is 7.11 Å². The predicted octanol–water partition coefficient (Wildman–Crippen LogP) is 4.09. The van der Waals surface area contributed by atoms with Gasteiger partial charge >= 0.3 is 12.1 Å². The van der Waals surface area contributed by atoms with Crippen molar-refractivity contribution in [2.45, 2.75) is 12.8 Å². The summed E-state index contributed by atoms with van der Waals surface area (Å²) in [4.78, 5) is 27.1. The summed E-state index contributed by atoms with van der Waals surface area (Å²) in [5, 5.41) is 11.9. The molecule has 1 unspecified atom stereocenters. The number of anilines is 1. The largest absolute Gasteiger partial charge is 0.481 e. The number of hydrogen-bond acceptors (Lipinski definition) is 4. The van der Waals surface area contributed by atoms with E-state index in [2.05, 4.69) is 37.6 Å². The number of methoxy groups -OCH3 is 1. The van der Waals surface area contributed by atoms with E-state index in [1.54, 1.807) is 24.3 Å². The van der Waals surface area contributed by atoms with E-state index < -0.39 is 18.0 Å². The van der Waals surface area contributed by atoms with Gasteiger partial charge in [0.2, 0.25) is 0 Å². The number of carboxylic acids is 1. The maximum Gasteiger partial charge on any atom is 0.411 e. The average Bonchev–Trinajstić information content (AvgIpc) is 3.01. The van der Waals surface area contributed by atoms with E-state index in [0.29, 0.717) is 29.9 Å². The first-order chi connectivity index (χ1) is 11.5. The number of nitrogens with zero attached hydrogens (tertiary/aromatic N) is 1. The normalized spacial score (nSPS) is 14.4. The van der Waals surface area contributed by atoms with Gasteiger partial charge in [0.05, 0.1) is 18.7 Å². The fourth-order valence-corrected chi connectivity index (χ4v) is 2.94. The van der Waals surface area contributed by atoms with Crippen molar-refractivity contribution in [1.29, 1.82) is 0 Å². The summed E-state index contributed by atoms with van der Waals surface area (Å²) in [5.74, 6) is -1.56. The van der Waals surface area contributed by atoms with E-state index in [0.717, 1.165) is 10.0 Å². The van der Waals surface area contributed by atoms with Crippen molar-refractivity contribution in [2.75, 3.05) is 12.4 Å². The van der Waals surface area contributed by atoms with Gasteiger partial charge < -0.3 is 9.84 Å². The van der Waals surface area contributed by atoms with Gasteiger partial charge in [0, 0.05) is 27.9 Å². The molecular formula is C17H17BrN2O4. The number of aliphatic carboxylic acids is 1. The van der Waals surface area contributed by atoms with Crippen LogP contribution in [0.15, 0.2) is 46.4 Å². The molecule has 0 saturated carbocycles. The van der Waals surface area contributed by atoms with Crippen LogP contribution in [0, 0.1) is 5.92 Å². The number of hydrogen-bond donors (Lipinski definition) is 2. The van der Waals surface area contributed by atoms with E-state index in [-0.39, 0.29) is 0 Å². The summed E-state index contributed by atoms with van der Waals surface area (Å²) in [6.45, 7) is 3.60. The van der Waals surface area contributed by atoms with Crippen LogP contribution in [0.2, 0.25) is 0 Å². The van der Waals surface area contributed by atoms with Crippen molar-refractivity contribution < 1.29 is 19.4 Å². The molecule has 2 N–H and O–H groups in total. The molecule has 126 valence electrons. The first-order valence-corrected chi connectivity index (χ1v) is 8.01. The molecule has 0 aliphatic carbocycles. The maximum absolute atomic E-state index is 11.3. The molecule has 1 atom stereocenters. The second kappa shape index (κ2) is 7.92. The quantitative estimate of drug-likeness (QED) is 0.713. The van der Waals surface area contributed by atoms with E-state index in [1.807, 2.05) is 6.08 Å². The highest BCUT2D eigenvalue weighted by molar-refractivity contribution is 9.10. The third-order valence-corrected chi connectivity index (χ3v) is 4.20. The number of rotatable bonds is 6. The zero-order valence-electron chi connectivity index (χ0n) is 13.1. The summed E-state index contributed by atoms with van der Waals surface area (Å²) >= 11 is 3.45. The Kier molecular flexibility index (Phi) is 5.92. The fraction of sp³-hybridized carbons (Fsp3) is 0.235. The molecule has 0 aromatic heterocycles. The topological polar surface area (TPSA) is 88.0 Å². The molecule has 1 aliphatic heterocycles. The third kappa shape index (κ3) is 4.11. The minimum absolute atomic E-state index is 0.346. The number of carboxylic acid groups (broad SMARTS) is 1.